The Morgan fingerprint density at radius 2 is 1.27 bits per heavy atom. The molecular weight excluding hydrogens is 367 g/mol. The fourth-order valence-corrected chi connectivity index (χ4v) is 14.3. The summed E-state index contributed by atoms with van der Waals surface area (Å²) in [5.41, 5.74) is 5.52. The van der Waals surface area contributed by atoms with Crippen molar-refractivity contribution in [1.82, 2.24) is 0 Å². The van der Waals surface area contributed by atoms with Crippen molar-refractivity contribution >= 4 is 24.4 Å². The average molecular weight is 385 g/mol. The Hall–Kier alpha value is -1.04. The molecule has 2 aliphatic carbocycles. The summed E-state index contributed by atoms with van der Waals surface area (Å²) >= 11 is -3.08. The third-order valence-corrected chi connectivity index (χ3v) is 18.4. The Morgan fingerprint density at radius 1 is 0.818 bits per heavy atom. The van der Waals surface area contributed by atoms with Crippen LogP contribution in [0.4, 0.5) is 0 Å². The van der Waals surface area contributed by atoms with E-state index in [0.717, 1.165) is 0 Å². The summed E-state index contributed by atoms with van der Waals surface area (Å²) in [5.74, 6) is 0. The van der Waals surface area contributed by atoms with Crippen LogP contribution in [0.15, 0.2) is 60.7 Å². The summed E-state index contributed by atoms with van der Waals surface area (Å²) in [6.45, 7) is 2.17. The molecule has 0 radical (unpaired) electrons. The van der Waals surface area contributed by atoms with Crippen LogP contribution in [0, 0.1) is 0 Å². The van der Waals surface area contributed by atoms with Gasteiger partial charge < -0.3 is 0 Å². The predicted molar refractivity (Wildman–Crippen MR) is 94.0 cm³/mol. The molecule has 0 N–H and O–H groups in total. The Labute approximate surface area is 139 Å². The minimum absolute atomic E-state index is 0.415. The summed E-state index contributed by atoms with van der Waals surface area (Å²) in [6.07, 6.45) is 9.20. The van der Waals surface area contributed by atoms with Crippen molar-refractivity contribution in [2.24, 2.45) is 0 Å². The molecule has 109 valence electrons. The summed E-state index contributed by atoms with van der Waals surface area (Å²) < 4.78 is 3.21. The second-order valence-electron chi connectivity index (χ2n) is 6.05. The van der Waals surface area contributed by atoms with E-state index in [4.69, 9.17) is 8.51 Å². The van der Waals surface area contributed by atoms with Gasteiger partial charge in [0.25, 0.3) is 0 Å². The molecule has 2 unspecified atom stereocenters. The maximum absolute atomic E-state index is 7.44. The number of halogens is 1. The minimum atomic E-state index is -3.08. The number of hydrogen-bond donors (Lipinski definition) is 0. The van der Waals surface area contributed by atoms with Gasteiger partial charge in [0, 0.05) is 0 Å². The first kappa shape index (κ1) is 14.5. The van der Waals surface area contributed by atoms with Crippen molar-refractivity contribution in [2.45, 2.75) is 14.2 Å². The molecule has 0 fully saturated rings. The zero-order valence-corrected chi connectivity index (χ0v) is 15.8. The second kappa shape index (κ2) is 5.55. The molecule has 2 aromatic rings. The molecule has 0 aliphatic heterocycles. The topological polar surface area (TPSA) is 0 Å². The van der Waals surface area contributed by atoms with E-state index in [1.54, 1.807) is 0 Å². The van der Waals surface area contributed by atoms with Crippen molar-refractivity contribution in [3.8, 4) is 0 Å². The van der Waals surface area contributed by atoms with Gasteiger partial charge in [-0.2, -0.15) is 0 Å². The van der Waals surface area contributed by atoms with Gasteiger partial charge in [-0.05, 0) is 0 Å². The number of benzene rings is 2. The van der Waals surface area contributed by atoms with Gasteiger partial charge in [-0.1, -0.05) is 0 Å². The second-order valence-corrected chi connectivity index (χ2v) is 18.5. The number of allylic oxidation sites excluding steroid dienone is 2. The molecule has 0 spiro atoms. The molecule has 0 nitrogen and oxygen atoms in total. The van der Waals surface area contributed by atoms with Crippen LogP contribution in [0.25, 0.3) is 12.2 Å². The number of rotatable bonds is 2. The Morgan fingerprint density at radius 3 is 1.73 bits per heavy atom. The molecule has 0 aromatic heterocycles. The molecular formula is C20H18ClZr. The zero-order chi connectivity index (χ0) is 15.2. The Kier molecular flexibility index (Phi) is 3.67. The van der Waals surface area contributed by atoms with Gasteiger partial charge in [0.05, 0.1) is 0 Å². The average Bonchev–Trinajstić information content (AvgIpc) is 3.19. The Balaban J connectivity index is 1.84. The van der Waals surface area contributed by atoms with Gasteiger partial charge in [0.1, 0.15) is 0 Å². The molecule has 0 saturated heterocycles. The van der Waals surface area contributed by atoms with Crippen LogP contribution in [0.1, 0.15) is 36.4 Å². The molecule has 2 aliphatic rings. The molecule has 2 aromatic carbocycles. The van der Waals surface area contributed by atoms with E-state index in [0.29, 0.717) is 7.25 Å². The van der Waals surface area contributed by atoms with E-state index < -0.39 is 18.6 Å². The maximum atomic E-state index is 7.44. The monoisotopic (exact) mass is 383 g/mol. The van der Waals surface area contributed by atoms with Crippen LogP contribution in [0.3, 0.4) is 0 Å². The SMILES string of the molecule is C[CH]=[Zr]([Cl])([CH]1C=Cc2ccccc21)[CH]1C=Cc2ccccc21. The van der Waals surface area contributed by atoms with Crippen molar-refractivity contribution in [3.05, 3.63) is 82.9 Å². The first-order chi connectivity index (χ1) is 10.7. The third kappa shape index (κ3) is 2.10. The van der Waals surface area contributed by atoms with Crippen molar-refractivity contribution in [2.75, 3.05) is 0 Å². The molecule has 2 atom stereocenters. The summed E-state index contributed by atoms with van der Waals surface area (Å²) in [4.78, 5) is 0. The van der Waals surface area contributed by atoms with Crippen LogP contribution in [-0.2, 0) is 18.6 Å². The van der Waals surface area contributed by atoms with Crippen LogP contribution in [0.5, 0.6) is 0 Å². The summed E-state index contributed by atoms with van der Waals surface area (Å²) in [5, 5.41) is 0. The van der Waals surface area contributed by atoms with E-state index >= 15 is 0 Å². The molecule has 2 heteroatoms. The fourth-order valence-electron chi connectivity index (χ4n) is 3.82. The summed E-state index contributed by atoms with van der Waals surface area (Å²) in [7, 11) is 7.44. The molecule has 4 rings (SSSR count). The van der Waals surface area contributed by atoms with E-state index in [-0.39, 0.29) is 0 Å². The van der Waals surface area contributed by atoms with E-state index in [1.807, 2.05) is 0 Å². The first-order valence-electron chi connectivity index (χ1n) is 7.78. The number of hydrogen-bond acceptors (Lipinski definition) is 0. The molecule has 0 heterocycles. The van der Waals surface area contributed by atoms with Gasteiger partial charge in [0.15, 0.2) is 0 Å². The van der Waals surface area contributed by atoms with Gasteiger partial charge >= 0.3 is 140 Å². The first-order valence-corrected chi connectivity index (χ1v) is 15.2. The van der Waals surface area contributed by atoms with Gasteiger partial charge in [0.2, 0.25) is 0 Å². The fraction of sp³-hybridized carbons (Fsp3) is 0.150. The van der Waals surface area contributed by atoms with Crippen molar-refractivity contribution < 1.29 is 18.6 Å². The standard InChI is InChI=1S/2C9H7.C2H4.ClH.Zr/c2*1-2-5-9-7-3-6-8(9)4-1;1-2;;/h2*1-7H;1H,2H3;1H;/q;;;;+1/p-1. The van der Waals surface area contributed by atoms with E-state index in [1.165, 1.54) is 22.3 Å². The Bertz CT molecular complexity index is 779. The van der Waals surface area contributed by atoms with E-state index in [9.17, 15) is 0 Å². The normalized spacial score (nSPS) is 23.9. The van der Waals surface area contributed by atoms with Crippen LogP contribution in [0.2, 0.25) is 0 Å². The van der Waals surface area contributed by atoms with Gasteiger partial charge in [-0.15, -0.1) is 0 Å². The molecule has 22 heavy (non-hydrogen) atoms. The molecule has 0 saturated carbocycles. The van der Waals surface area contributed by atoms with Crippen molar-refractivity contribution in [3.63, 3.8) is 0 Å². The van der Waals surface area contributed by atoms with Crippen LogP contribution in [-0.4, -0.2) is 3.71 Å². The zero-order valence-electron chi connectivity index (χ0n) is 12.5. The predicted octanol–water partition coefficient (Wildman–Crippen LogP) is 5.65. The van der Waals surface area contributed by atoms with E-state index in [2.05, 4.69) is 83.5 Å². The number of fused-ring (bicyclic) bond motifs is 2. The molecule has 0 amide bonds. The van der Waals surface area contributed by atoms with Gasteiger partial charge in [-0.3, -0.25) is 0 Å². The quantitative estimate of drug-likeness (QED) is 0.627. The van der Waals surface area contributed by atoms with Crippen molar-refractivity contribution in [1.29, 1.82) is 0 Å². The van der Waals surface area contributed by atoms with Crippen LogP contribution < -0.4 is 0 Å². The summed E-state index contributed by atoms with van der Waals surface area (Å²) in [6, 6.07) is 17.4. The third-order valence-electron chi connectivity index (χ3n) is 4.99. The van der Waals surface area contributed by atoms with Crippen LogP contribution >= 0.6 is 8.51 Å². The molecule has 0 bridgehead atoms. The van der Waals surface area contributed by atoms with Gasteiger partial charge in [-0.25, -0.2) is 0 Å².